The largest absolute Gasteiger partial charge is 0.496 e. The molecule has 0 aromatic heterocycles. The van der Waals surface area contributed by atoms with Crippen molar-refractivity contribution < 1.29 is 21.9 Å². The summed E-state index contributed by atoms with van der Waals surface area (Å²) in [5, 5.41) is 0. The highest BCUT2D eigenvalue weighted by atomic mass is 35.7. The fourth-order valence-electron chi connectivity index (χ4n) is 1.49. The van der Waals surface area contributed by atoms with Gasteiger partial charge in [0.2, 0.25) is 9.05 Å². The molecule has 1 rings (SSSR count). The SMILES string of the molecule is COc1cccc(C(C)(F)F)c1CS(=O)(=O)Cl. The van der Waals surface area contributed by atoms with Crippen LogP contribution in [0, 0.1) is 0 Å². The summed E-state index contributed by atoms with van der Waals surface area (Å²) in [6, 6.07) is 3.93. The number of hydrogen-bond acceptors (Lipinski definition) is 3. The van der Waals surface area contributed by atoms with Crippen molar-refractivity contribution >= 4 is 19.7 Å². The fourth-order valence-corrected chi connectivity index (χ4v) is 2.46. The third-order valence-electron chi connectivity index (χ3n) is 2.14. The first kappa shape index (κ1) is 14.2. The van der Waals surface area contributed by atoms with Crippen molar-refractivity contribution in [3.05, 3.63) is 29.3 Å². The van der Waals surface area contributed by atoms with Crippen molar-refractivity contribution in [3.8, 4) is 5.75 Å². The third-order valence-corrected chi connectivity index (χ3v) is 3.10. The normalized spacial score (nSPS) is 12.5. The number of ether oxygens (including phenoxy) is 1. The first-order valence-electron chi connectivity index (χ1n) is 4.61. The molecule has 0 saturated carbocycles. The Morgan fingerprint density at radius 2 is 2.00 bits per heavy atom. The van der Waals surface area contributed by atoms with Gasteiger partial charge in [-0.25, -0.2) is 17.2 Å². The van der Waals surface area contributed by atoms with E-state index in [2.05, 4.69) is 0 Å². The Morgan fingerprint density at radius 1 is 1.41 bits per heavy atom. The molecule has 0 amide bonds. The molecule has 0 aliphatic rings. The summed E-state index contributed by atoms with van der Waals surface area (Å²) in [6.07, 6.45) is 0. The van der Waals surface area contributed by atoms with Crippen LogP contribution >= 0.6 is 10.7 Å². The summed E-state index contributed by atoms with van der Waals surface area (Å²) in [4.78, 5) is 0. The van der Waals surface area contributed by atoms with Gasteiger partial charge in [0.05, 0.1) is 12.9 Å². The van der Waals surface area contributed by atoms with Gasteiger partial charge >= 0.3 is 0 Å². The molecule has 0 heterocycles. The average Bonchev–Trinajstić information content (AvgIpc) is 2.13. The Balaban J connectivity index is 3.41. The quantitative estimate of drug-likeness (QED) is 0.799. The summed E-state index contributed by atoms with van der Waals surface area (Å²) >= 11 is 0. The van der Waals surface area contributed by atoms with E-state index in [9.17, 15) is 17.2 Å². The van der Waals surface area contributed by atoms with E-state index in [1.54, 1.807) is 0 Å². The highest BCUT2D eigenvalue weighted by molar-refractivity contribution is 8.13. The van der Waals surface area contributed by atoms with E-state index in [1.165, 1.54) is 19.2 Å². The smallest absolute Gasteiger partial charge is 0.270 e. The lowest BCUT2D eigenvalue weighted by molar-refractivity contribution is 0.0165. The van der Waals surface area contributed by atoms with Crippen LogP contribution in [-0.2, 0) is 20.7 Å². The van der Waals surface area contributed by atoms with Gasteiger partial charge in [0.25, 0.3) is 5.92 Å². The summed E-state index contributed by atoms with van der Waals surface area (Å²) in [6.45, 7) is 0.687. The van der Waals surface area contributed by atoms with Gasteiger partial charge < -0.3 is 4.74 Å². The van der Waals surface area contributed by atoms with Crippen LogP contribution in [-0.4, -0.2) is 15.5 Å². The Kier molecular flexibility index (Phi) is 3.99. The third kappa shape index (κ3) is 3.81. The second kappa shape index (κ2) is 4.78. The highest BCUT2D eigenvalue weighted by Crippen LogP contribution is 2.35. The number of methoxy groups -OCH3 is 1. The Morgan fingerprint density at radius 3 is 2.41 bits per heavy atom. The van der Waals surface area contributed by atoms with Gasteiger partial charge in [0.1, 0.15) is 5.75 Å². The van der Waals surface area contributed by atoms with Crippen LogP contribution in [0.25, 0.3) is 0 Å². The van der Waals surface area contributed by atoms with E-state index in [4.69, 9.17) is 15.4 Å². The van der Waals surface area contributed by atoms with E-state index in [1.807, 2.05) is 0 Å². The second-order valence-corrected chi connectivity index (χ2v) is 6.33. The van der Waals surface area contributed by atoms with Gasteiger partial charge in [0.15, 0.2) is 0 Å². The lowest BCUT2D eigenvalue weighted by Crippen LogP contribution is -2.13. The molecule has 1 aromatic carbocycles. The van der Waals surface area contributed by atoms with E-state index >= 15 is 0 Å². The van der Waals surface area contributed by atoms with Crippen molar-refractivity contribution in [2.75, 3.05) is 7.11 Å². The van der Waals surface area contributed by atoms with Gasteiger partial charge in [-0.3, -0.25) is 0 Å². The first-order valence-corrected chi connectivity index (χ1v) is 7.09. The Labute approximate surface area is 103 Å². The lowest BCUT2D eigenvalue weighted by atomic mass is 10.0. The van der Waals surface area contributed by atoms with Crippen LogP contribution < -0.4 is 4.74 Å². The molecule has 0 N–H and O–H groups in total. The summed E-state index contributed by atoms with van der Waals surface area (Å²) in [5.41, 5.74) is -0.515. The van der Waals surface area contributed by atoms with Crippen LogP contribution in [0.15, 0.2) is 18.2 Å². The predicted octanol–water partition coefficient (Wildman–Crippen LogP) is 2.88. The van der Waals surface area contributed by atoms with E-state index in [0.717, 1.165) is 6.07 Å². The number of halogens is 3. The minimum atomic E-state index is -3.93. The fraction of sp³-hybridized carbons (Fsp3) is 0.400. The van der Waals surface area contributed by atoms with E-state index < -0.39 is 26.3 Å². The van der Waals surface area contributed by atoms with Gasteiger partial charge in [-0.2, -0.15) is 0 Å². The zero-order valence-corrected chi connectivity index (χ0v) is 10.8. The van der Waals surface area contributed by atoms with Crippen molar-refractivity contribution in [3.63, 3.8) is 0 Å². The molecular formula is C10H11ClF2O3S. The van der Waals surface area contributed by atoms with Crippen LogP contribution in [0.3, 0.4) is 0 Å². The minimum Gasteiger partial charge on any atom is -0.496 e. The standard InChI is InChI=1S/C10H11ClF2O3S/c1-10(12,13)8-4-3-5-9(16-2)7(8)6-17(11,14)15/h3-5H,6H2,1-2H3. The van der Waals surface area contributed by atoms with Crippen molar-refractivity contribution in [2.24, 2.45) is 0 Å². The molecule has 0 unspecified atom stereocenters. The van der Waals surface area contributed by atoms with Crippen molar-refractivity contribution in [1.82, 2.24) is 0 Å². The maximum atomic E-state index is 13.3. The summed E-state index contributed by atoms with van der Waals surface area (Å²) in [7, 11) is 2.43. The van der Waals surface area contributed by atoms with Crippen molar-refractivity contribution in [1.29, 1.82) is 0 Å². The summed E-state index contributed by atoms with van der Waals surface area (Å²) in [5.74, 6) is -3.78. The molecule has 0 radical (unpaired) electrons. The monoisotopic (exact) mass is 284 g/mol. The Bertz CT molecular complexity index is 509. The molecule has 7 heteroatoms. The van der Waals surface area contributed by atoms with Crippen LogP contribution in [0.5, 0.6) is 5.75 Å². The Hall–Kier alpha value is -0.880. The molecule has 0 aliphatic heterocycles. The maximum Gasteiger partial charge on any atom is 0.270 e. The highest BCUT2D eigenvalue weighted by Gasteiger charge is 2.30. The molecule has 1 aromatic rings. The topological polar surface area (TPSA) is 43.4 Å². The number of rotatable bonds is 4. The summed E-state index contributed by atoms with van der Waals surface area (Å²) < 4.78 is 53.5. The predicted molar refractivity (Wildman–Crippen MR) is 61.0 cm³/mol. The first-order chi connectivity index (χ1) is 7.65. The van der Waals surface area contributed by atoms with Crippen molar-refractivity contribution in [2.45, 2.75) is 18.6 Å². The number of hydrogen-bond donors (Lipinski definition) is 0. The van der Waals surface area contributed by atoms with Crippen LogP contribution in [0.2, 0.25) is 0 Å². The molecule has 0 atom stereocenters. The molecule has 17 heavy (non-hydrogen) atoms. The average molecular weight is 285 g/mol. The molecule has 0 bridgehead atoms. The molecule has 0 aliphatic carbocycles. The number of benzene rings is 1. The van der Waals surface area contributed by atoms with Gasteiger partial charge in [-0.15, -0.1) is 0 Å². The van der Waals surface area contributed by atoms with E-state index in [-0.39, 0.29) is 11.3 Å². The molecule has 0 spiro atoms. The van der Waals surface area contributed by atoms with Crippen LogP contribution in [0.4, 0.5) is 8.78 Å². The molecule has 3 nitrogen and oxygen atoms in total. The number of alkyl halides is 2. The molecule has 96 valence electrons. The van der Waals surface area contributed by atoms with Gasteiger partial charge in [-0.05, 0) is 6.07 Å². The van der Waals surface area contributed by atoms with Gasteiger partial charge in [-0.1, -0.05) is 12.1 Å². The lowest BCUT2D eigenvalue weighted by Gasteiger charge is -2.17. The van der Waals surface area contributed by atoms with Gasteiger partial charge in [0, 0.05) is 28.7 Å². The molecular weight excluding hydrogens is 274 g/mol. The zero-order valence-electron chi connectivity index (χ0n) is 9.21. The molecule has 0 saturated heterocycles. The zero-order chi connectivity index (χ0) is 13.3. The molecule has 0 fully saturated rings. The second-order valence-electron chi connectivity index (χ2n) is 3.56. The van der Waals surface area contributed by atoms with E-state index in [0.29, 0.717) is 6.92 Å². The minimum absolute atomic E-state index is 0.0771. The van der Waals surface area contributed by atoms with Crippen LogP contribution in [0.1, 0.15) is 18.1 Å². The maximum absolute atomic E-state index is 13.3.